The number of carbonyl (C=O) groups is 1. The molecule has 1 atom stereocenters. The van der Waals surface area contributed by atoms with Gasteiger partial charge in [0, 0.05) is 18.5 Å². The summed E-state index contributed by atoms with van der Waals surface area (Å²) in [6, 6.07) is 8.01. The molecular weight excluding hydrogens is 348 g/mol. The van der Waals surface area contributed by atoms with E-state index in [1.54, 1.807) is 19.2 Å². The molecule has 1 aromatic carbocycles. The van der Waals surface area contributed by atoms with Crippen molar-refractivity contribution >= 4 is 23.5 Å². The van der Waals surface area contributed by atoms with Crippen LogP contribution in [0.3, 0.4) is 0 Å². The third-order valence-electron chi connectivity index (χ3n) is 4.02. The molecule has 0 saturated heterocycles. The number of thioether (sulfide) groups is 1. The molecule has 1 amide bonds. The van der Waals surface area contributed by atoms with Gasteiger partial charge in [0.05, 0.1) is 10.9 Å². The molecule has 0 radical (unpaired) electrons. The molecule has 3 rings (SSSR count). The molecule has 2 aromatic heterocycles. The van der Waals surface area contributed by atoms with E-state index in [9.17, 15) is 4.79 Å². The highest BCUT2D eigenvalue weighted by Gasteiger charge is 2.22. The van der Waals surface area contributed by atoms with E-state index >= 15 is 0 Å². The van der Waals surface area contributed by atoms with Gasteiger partial charge in [-0.1, -0.05) is 36.0 Å². The van der Waals surface area contributed by atoms with Crippen LogP contribution in [0.4, 0.5) is 5.82 Å². The van der Waals surface area contributed by atoms with Crippen LogP contribution in [0.1, 0.15) is 30.2 Å². The molecule has 1 unspecified atom stereocenters. The Morgan fingerprint density at radius 2 is 2.12 bits per heavy atom. The zero-order valence-corrected chi connectivity index (χ0v) is 16.1. The third kappa shape index (κ3) is 3.99. The Bertz CT molecular complexity index is 916. The number of nitrogens with one attached hydrogen (secondary N) is 1. The summed E-state index contributed by atoms with van der Waals surface area (Å²) in [5, 5.41) is 7.13. The van der Waals surface area contributed by atoms with Crippen molar-refractivity contribution in [2.75, 3.05) is 5.32 Å². The highest BCUT2D eigenvalue weighted by molar-refractivity contribution is 8.00. The molecule has 0 saturated carbocycles. The van der Waals surface area contributed by atoms with E-state index in [2.05, 4.69) is 47.5 Å². The minimum absolute atomic E-state index is 0.110. The maximum atomic E-state index is 12.6. The molecule has 26 heavy (non-hydrogen) atoms. The summed E-state index contributed by atoms with van der Waals surface area (Å²) < 4.78 is 7.03. The number of carbonyl (C=O) groups excluding carboxylic acids is 1. The first-order valence-electron chi connectivity index (χ1n) is 8.49. The molecule has 0 fully saturated rings. The van der Waals surface area contributed by atoms with Crippen LogP contribution in [0.15, 0.2) is 46.3 Å². The van der Waals surface area contributed by atoms with Gasteiger partial charge in [0.15, 0.2) is 11.0 Å². The summed E-state index contributed by atoms with van der Waals surface area (Å²) in [5.41, 5.74) is 3.42. The average Bonchev–Trinajstić information content (AvgIpc) is 3.23. The molecular formula is C19H22N4O2S. The largest absolute Gasteiger partial charge is 0.360 e. The monoisotopic (exact) mass is 370 g/mol. The maximum absolute atomic E-state index is 12.6. The lowest BCUT2D eigenvalue weighted by Crippen LogP contribution is -2.25. The molecule has 7 heteroatoms. The molecule has 0 aliphatic heterocycles. The van der Waals surface area contributed by atoms with Gasteiger partial charge in [0.25, 0.3) is 0 Å². The highest BCUT2D eigenvalue weighted by Crippen LogP contribution is 2.28. The number of aryl methyl sites for hydroxylation is 3. The number of benzene rings is 1. The number of anilines is 1. The standard InChI is InChI=1S/C19H22N4O2S/c1-5-16(18(24)21-17-11-14(4)25-22-17)26-19-20-8-9-23(19)15-10-12(2)6-7-13(15)3/h6-11,16H,5H2,1-4H3,(H,21,22,24). The predicted octanol–water partition coefficient (Wildman–Crippen LogP) is 4.29. The first-order chi connectivity index (χ1) is 12.5. The second-order valence-electron chi connectivity index (χ2n) is 6.20. The Balaban J connectivity index is 1.80. The van der Waals surface area contributed by atoms with Crippen molar-refractivity contribution in [2.24, 2.45) is 0 Å². The average molecular weight is 370 g/mol. The fourth-order valence-corrected chi connectivity index (χ4v) is 3.60. The second kappa shape index (κ2) is 7.78. The molecule has 3 aromatic rings. The fourth-order valence-electron chi connectivity index (χ4n) is 2.62. The van der Waals surface area contributed by atoms with Gasteiger partial charge >= 0.3 is 0 Å². The minimum atomic E-state index is -0.279. The predicted molar refractivity (Wildman–Crippen MR) is 103 cm³/mol. The van der Waals surface area contributed by atoms with Gasteiger partial charge in [-0.3, -0.25) is 9.36 Å². The normalized spacial score (nSPS) is 12.2. The lowest BCUT2D eigenvalue weighted by molar-refractivity contribution is -0.115. The van der Waals surface area contributed by atoms with Crippen molar-refractivity contribution in [1.29, 1.82) is 0 Å². The van der Waals surface area contributed by atoms with Gasteiger partial charge in [-0.25, -0.2) is 4.98 Å². The van der Waals surface area contributed by atoms with E-state index in [1.807, 2.05) is 17.7 Å². The summed E-state index contributed by atoms with van der Waals surface area (Å²) in [6.07, 6.45) is 4.36. The SMILES string of the molecule is CCC(Sc1nccn1-c1cc(C)ccc1C)C(=O)Nc1cc(C)on1. The van der Waals surface area contributed by atoms with Gasteiger partial charge in [-0.2, -0.15) is 0 Å². The van der Waals surface area contributed by atoms with E-state index in [0.29, 0.717) is 18.0 Å². The summed E-state index contributed by atoms with van der Waals surface area (Å²) >= 11 is 1.45. The minimum Gasteiger partial charge on any atom is -0.360 e. The van der Waals surface area contributed by atoms with Crippen molar-refractivity contribution in [3.63, 3.8) is 0 Å². The second-order valence-corrected chi connectivity index (χ2v) is 7.37. The number of aromatic nitrogens is 3. The summed E-state index contributed by atoms with van der Waals surface area (Å²) in [6.45, 7) is 7.90. The number of hydrogen-bond acceptors (Lipinski definition) is 5. The zero-order valence-electron chi connectivity index (χ0n) is 15.3. The van der Waals surface area contributed by atoms with Crippen LogP contribution in [-0.4, -0.2) is 25.9 Å². The smallest absolute Gasteiger partial charge is 0.239 e. The number of rotatable bonds is 6. The van der Waals surface area contributed by atoms with Crippen molar-refractivity contribution in [3.05, 3.63) is 53.5 Å². The van der Waals surface area contributed by atoms with E-state index < -0.39 is 0 Å². The van der Waals surface area contributed by atoms with E-state index in [-0.39, 0.29) is 11.2 Å². The summed E-state index contributed by atoms with van der Waals surface area (Å²) in [5.74, 6) is 0.984. The van der Waals surface area contributed by atoms with Crippen LogP contribution in [0, 0.1) is 20.8 Å². The van der Waals surface area contributed by atoms with Crippen molar-refractivity contribution < 1.29 is 9.32 Å². The topological polar surface area (TPSA) is 73.0 Å². The van der Waals surface area contributed by atoms with Gasteiger partial charge in [-0.05, 0) is 44.4 Å². The van der Waals surface area contributed by atoms with Gasteiger partial charge < -0.3 is 9.84 Å². The first-order valence-corrected chi connectivity index (χ1v) is 9.37. The quantitative estimate of drug-likeness (QED) is 0.655. The maximum Gasteiger partial charge on any atom is 0.239 e. The molecule has 0 spiro atoms. The van der Waals surface area contributed by atoms with E-state index in [4.69, 9.17) is 4.52 Å². The highest BCUT2D eigenvalue weighted by atomic mass is 32.2. The molecule has 0 bridgehead atoms. The summed E-state index contributed by atoms with van der Waals surface area (Å²) in [4.78, 5) is 17.1. The number of hydrogen-bond donors (Lipinski definition) is 1. The third-order valence-corrected chi connectivity index (χ3v) is 5.37. The van der Waals surface area contributed by atoms with Crippen LogP contribution < -0.4 is 5.32 Å². The Morgan fingerprint density at radius 1 is 1.31 bits per heavy atom. The van der Waals surface area contributed by atoms with Crippen LogP contribution in [0.2, 0.25) is 0 Å². The van der Waals surface area contributed by atoms with Crippen LogP contribution in [0.25, 0.3) is 5.69 Å². The van der Waals surface area contributed by atoms with Crippen LogP contribution in [-0.2, 0) is 4.79 Å². The molecule has 2 heterocycles. The number of amides is 1. The fraction of sp³-hybridized carbons (Fsp3) is 0.316. The number of imidazole rings is 1. The van der Waals surface area contributed by atoms with E-state index in [0.717, 1.165) is 16.4 Å². The molecule has 6 nitrogen and oxygen atoms in total. The molecule has 0 aliphatic rings. The first kappa shape index (κ1) is 18.3. The van der Waals surface area contributed by atoms with Gasteiger partial charge in [0.1, 0.15) is 5.76 Å². The Labute approximate surface area is 157 Å². The molecule has 136 valence electrons. The lowest BCUT2D eigenvalue weighted by Gasteiger charge is -2.15. The molecule has 1 N–H and O–H groups in total. The lowest BCUT2D eigenvalue weighted by atomic mass is 10.1. The van der Waals surface area contributed by atoms with Gasteiger partial charge in [-0.15, -0.1) is 0 Å². The van der Waals surface area contributed by atoms with Crippen LogP contribution in [0.5, 0.6) is 0 Å². The zero-order chi connectivity index (χ0) is 18.7. The van der Waals surface area contributed by atoms with Crippen LogP contribution >= 0.6 is 11.8 Å². The Kier molecular flexibility index (Phi) is 5.46. The van der Waals surface area contributed by atoms with E-state index in [1.165, 1.54) is 17.3 Å². The Hall–Kier alpha value is -2.54. The van der Waals surface area contributed by atoms with Crippen molar-refractivity contribution in [3.8, 4) is 5.69 Å². The number of nitrogens with zero attached hydrogens (tertiary/aromatic N) is 3. The van der Waals surface area contributed by atoms with Crippen molar-refractivity contribution in [2.45, 2.75) is 44.5 Å². The van der Waals surface area contributed by atoms with Gasteiger partial charge in [0.2, 0.25) is 5.91 Å². The Morgan fingerprint density at radius 3 is 2.81 bits per heavy atom. The van der Waals surface area contributed by atoms with Crippen molar-refractivity contribution in [1.82, 2.24) is 14.7 Å². The summed E-state index contributed by atoms with van der Waals surface area (Å²) in [7, 11) is 0. The molecule has 0 aliphatic carbocycles.